The van der Waals surface area contributed by atoms with E-state index in [1.807, 2.05) is 33.8 Å². The Hall–Kier alpha value is -4.18. The Balaban J connectivity index is 0.000000173. The summed E-state index contributed by atoms with van der Waals surface area (Å²) in [6.45, 7) is 17.4. The molecule has 0 spiro atoms. The zero-order valence-corrected chi connectivity index (χ0v) is 35.0. The maximum atomic E-state index is 5.57. The lowest BCUT2D eigenvalue weighted by molar-refractivity contribution is 0.00578. The predicted molar refractivity (Wildman–Crippen MR) is 252 cm³/mol. The van der Waals surface area contributed by atoms with Gasteiger partial charge in [0.1, 0.15) is 0 Å². The first kappa shape index (κ1) is 44.9. The number of rotatable bonds is 8. The van der Waals surface area contributed by atoms with E-state index < -0.39 is 0 Å². The molecule has 4 aromatic carbocycles. The molecule has 8 heteroatoms. The Kier molecular flexibility index (Phi) is 15.3. The minimum Gasteiger partial charge on any atom is -0.400 e. The second-order valence-corrected chi connectivity index (χ2v) is 17.1. The third-order valence-corrected chi connectivity index (χ3v) is 12.4. The third-order valence-electron chi connectivity index (χ3n) is 11.9. The quantitative estimate of drug-likeness (QED) is 0.115. The van der Waals surface area contributed by atoms with E-state index in [1.165, 1.54) is 99.5 Å². The molecule has 1 fully saturated rings. The van der Waals surface area contributed by atoms with Crippen LogP contribution in [0.3, 0.4) is 0 Å². The average molecular weight is 844 g/mol. The lowest BCUT2D eigenvalue weighted by Crippen LogP contribution is -2.41. The number of fused-ring (bicyclic) bond motifs is 6. The van der Waals surface area contributed by atoms with Gasteiger partial charge < -0.3 is 29.9 Å². The number of H-pyrrole nitrogens is 2. The standard InChI is InChI=1S/C21H22N2.C19H19BrN2.C8H15BO2.2CH4/c1-2-15-11-12-19-18(13-15)17-9-6-10-20(21(17)23-19)22-14-16-7-4-3-5-8-16;20-14-9-10-17-16(11-14)15-7-4-8-18(19(15)22-17)21-12-13-5-2-1-3-6-13;1-6-9-10-7(2,3)8(4,5)11-9;;/h2-5,7-8,11-13,20,22-23H,1,6,9-10,14H2;1-3,5-6,9-11,18,21-22H,4,7-8,12H2;6H,1H2,2-5H3;2*1H4/t20-;18-;;;/m11.../s1. The van der Waals surface area contributed by atoms with Crippen LogP contribution >= 0.6 is 15.9 Å². The zero-order valence-electron chi connectivity index (χ0n) is 33.4. The molecule has 306 valence electrons. The van der Waals surface area contributed by atoms with Gasteiger partial charge >= 0.3 is 7.12 Å². The van der Waals surface area contributed by atoms with Crippen molar-refractivity contribution in [3.05, 3.63) is 160 Å². The van der Waals surface area contributed by atoms with Gasteiger partial charge in [0.15, 0.2) is 0 Å². The summed E-state index contributed by atoms with van der Waals surface area (Å²) < 4.78 is 12.3. The Bertz CT molecular complexity index is 2250. The van der Waals surface area contributed by atoms with E-state index >= 15 is 0 Å². The van der Waals surface area contributed by atoms with E-state index in [9.17, 15) is 0 Å². The highest BCUT2D eigenvalue weighted by Crippen LogP contribution is 2.38. The number of aromatic nitrogens is 2. The molecule has 0 unspecified atom stereocenters. The first-order chi connectivity index (χ1) is 27.0. The Morgan fingerprint density at radius 1 is 0.690 bits per heavy atom. The van der Waals surface area contributed by atoms with E-state index in [0.717, 1.165) is 17.6 Å². The van der Waals surface area contributed by atoms with Gasteiger partial charge in [-0.2, -0.15) is 0 Å². The molecule has 1 saturated heterocycles. The fourth-order valence-electron chi connectivity index (χ4n) is 8.11. The molecule has 2 aromatic heterocycles. The van der Waals surface area contributed by atoms with Crippen LogP contribution in [0, 0.1) is 0 Å². The number of benzene rings is 4. The molecule has 9 rings (SSSR count). The number of hydrogen-bond acceptors (Lipinski definition) is 4. The van der Waals surface area contributed by atoms with Crippen molar-refractivity contribution in [1.29, 1.82) is 0 Å². The van der Waals surface area contributed by atoms with Crippen LogP contribution in [0.2, 0.25) is 0 Å². The molecule has 3 aliphatic rings. The first-order valence-electron chi connectivity index (χ1n) is 20.1. The lowest BCUT2D eigenvalue weighted by Gasteiger charge is -2.32. The summed E-state index contributed by atoms with van der Waals surface area (Å²) in [7, 11) is -0.250. The number of halogens is 1. The molecule has 6 nitrogen and oxygen atoms in total. The normalized spacial score (nSPS) is 18.6. The minimum atomic E-state index is -0.250. The highest BCUT2D eigenvalue weighted by molar-refractivity contribution is 9.10. The summed E-state index contributed by atoms with van der Waals surface area (Å²) in [5.74, 6) is 1.68. The molecule has 0 bridgehead atoms. The monoisotopic (exact) mass is 842 g/mol. The van der Waals surface area contributed by atoms with E-state index in [2.05, 4.69) is 147 Å². The lowest BCUT2D eigenvalue weighted by atomic mass is 9.90. The average Bonchev–Trinajstić information content (AvgIpc) is 3.85. The van der Waals surface area contributed by atoms with Crippen molar-refractivity contribution in [3.8, 4) is 0 Å². The van der Waals surface area contributed by atoms with Gasteiger partial charge in [-0.05, 0) is 124 Å². The topological polar surface area (TPSA) is 74.1 Å². The third kappa shape index (κ3) is 10.2. The van der Waals surface area contributed by atoms with Crippen LogP contribution in [-0.4, -0.2) is 28.3 Å². The number of hydrogen-bond donors (Lipinski definition) is 4. The summed E-state index contributed by atoms with van der Waals surface area (Å²) in [4.78, 5) is 7.30. The maximum Gasteiger partial charge on any atom is 0.486 e. The van der Waals surface area contributed by atoms with Gasteiger partial charge in [-0.1, -0.05) is 116 Å². The molecule has 3 heterocycles. The highest BCUT2D eigenvalue weighted by atomic mass is 79.9. The van der Waals surface area contributed by atoms with E-state index in [4.69, 9.17) is 9.31 Å². The summed E-state index contributed by atoms with van der Waals surface area (Å²) in [6.07, 6.45) is 9.15. The maximum absolute atomic E-state index is 5.57. The summed E-state index contributed by atoms with van der Waals surface area (Å²) in [5, 5.41) is 10.2. The van der Waals surface area contributed by atoms with Crippen LogP contribution in [0.15, 0.2) is 121 Å². The molecular weight excluding hydrogens is 779 g/mol. The molecule has 1 aliphatic heterocycles. The van der Waals surface area contributed by atoms with Crippen molar-refractivity contribution in [2.45, 2.75) is 117 Å². The van der Waals surface area contributed by atoms with Crippen LogP contribution in [-0.2, 0) is 35.2 Å². The second-order valence-electron chi connectivity index (χ2n) is 16.2. The van der Waals surface area contributed by atoms with Crippen molar-refractivity contribution >= 4 is 50.9 Å². The zero-order chi connectivity index (χ0) is 39.3. The van der Waals surface area contributed by atoms with Gasteiger partial charge in [0, 0.05) is 62.8 Å². The SMILES string of the molecule is Brc1ccc2[nH]c3c(c2c1)CCC[C@H]3NCc1ccccc1.C.C.C=CB1OC(C)(C)C(C)(C)O1.C=Cc1ccc2[nH]c3c(c2c1)CCC[C@H]3NCc1ccccc1. The van der Waals surface area contributed by atoms with Crippen molar-refractivity contribution in [1.82, 2.24) is 20.6 Å². The molecule has 0 radical (unpaired) electrons. The van der Waals surface area contributed by atoms with E-state index in [-0.39, 0.29) is 33.2 Å². The molecule has 2 aliphatic carbocycles. The fourth-order valence-corrected chi connectivity index (χ4v) is 8.47. The smallest absolute Gasteiger partial charge is 0.400 e. The van der Waals surface area contributed by atoms with Gasteiger partial charge in [0.05, 0.1) is 11.2 Å². The van der Waals surface area contributed by atoms with E-state index in [0.29, 0.717) is 12.1 Å². The summed E-state index contributed by atoms with van der Waals surface area (Å²) >= 11 is 3.59. The Labute approximate surface area is 356 Å². The van der Waals surface area contributed by atoms with Crippen LogP contribution in [0.1, 0.15) is 120 Å². The Morgan fingerprint density at radius 3 is 1.60 bits per heavy atom. The number of aryl methyl sites for hydroxylation is 2. The molecular formula is C50H64BBrN4O2. The first-order valence-corrected chi connectivity index (χ1v) is 20.9. The van der Waals surface area contributed by atoms with Gasteiger partial charge in [-0.3, -0.25) is 0 Å². The number of aromatic amines is 2. The van der Waals surface area contributed by atoms with Crippen LogP contribution in [0.25, 0.3) is 27.9 Å². The second kappa shape index (κ2) is 19.7. The summed E-state index contributed by atoms with van der Waals surface area (Å²) in [5.41, 5.74) is 11.7. The highest BCUT2D eigenvalue weighted by Gasteiger charge is 2.49. The fraction of sp³-hybridized carbons (Fsp3) is 0.360. The van der Waals surface area contributed by atoms with Crippen molar-refractivity contribution in [3.63, 3.8) is 0 Å². The molecule has 6 aromatic rings. The molecule has 0 amide bonds. The van der Waals surface area contributed by atoms with Crippen molar-refractivity contribution < 1.29 is 9.31 Å². The van der Waals surface area contributed by atoms with Crippen LogP contribution < -0.4 is 10.6 Å². The molecule has 58 heavy (non-hydrogen) atoms. The molecule has 4 N–H and O–H groups in total. The van der Waals surface area contributed by atoms with Crippen LogP contribution in [0.4, 0.5) is 0 Å². The van der Waals surface area contributed by atoms with Gasteiger partial charge in [0.2, 0.25) is 0 Å². The number of nitrogens with one attached hydrogen (secondary N) is 4. The van der Waals surface area contributed by atoms with E-state index in [1.54, 1.807) is 5.98 Å². The largest absolute Gasteiger partial charge is 0.486 e. The minimum absolute atomic E-state index is 0. The van der Waals surface area contributed by atoms with Crippen LogP contribution in [0.5, 0.6) is 0 Å². The molecule has 0 saturated carbocycles. The van der Waals surface area contributed by atoms with Gasteiger partial charge in [-0.15, -0.1) is 6.58 Å². The Morgan fingerprint density at radius 2 is 1.16 bits per heavy atom. The van der Waals surface area contributed by atoms with Gasteiger partial charge in [-0.25, -0.2) is 0 Å². The van der Waals surface area contributed by atoms with Crippen molar-refractivity contribution in [2.24, 2.45) is 0 Å². The summed E-state index contributed by atoms with van der Waals surface area (Å²) in [6, 6.07) is 35.2. The van der Waals surface area contributed by atoms with Crippen molar-refractivity contribution in [2.75, 3.05) is 0 Å². The van der Waals surface area contributed by atoms with Gasteiger partial charge in [0.25, 0.3) is 0 Å². The predicted octanol–water partition coefficient (Wildman–Crippen LogP) is 13.2. The molecule has 2 atom stereocenters.